The Kier molecular flexibility index (Phi) is 6.26. The van der Waals surface area contributed by atoms with Crippen LogP contribution in [0.5, 0.6) is 0 Å². The van der Waals surface area contributed by atoms with Crippen molar-refractivity contribution in [2.75, 3.05) is 0 Å². The molecule has 198 valence electrons. The number of fused-ring (bicyclic) bond motifs is 6. The van der Waals surface area contributed by atoms with Crippen LogP contribution < -0.4 is 0 Å². The Bertz CT molecular complexity index is 1120. The predicted octanol–water partition coefficient (Wildman–Crippen LogP) is 6.01. The van der Waals surface area contributed by atoms with E-state index in [1.807, 2.05) is 18.2 Å². The molecule has 1 heterocycles. The van der Waals surface area contributed by atoms with E-state index < -0.39 is 0 Å². The van der Waals surface area contributed by atoms with Gasteiger partial charge in [0.15, 0.2) is 11.5 Å². The Morgan fingerprint density at radius 2 is 1.89 bits per heavy atom. The molecule has 4 fully saturated rings. The molecule has 4 aliphatic rings. The van der Waals surface area contributed by atoms with E-state index in [0.29, 0.717) is 34.6 Å². The third kappa shape index (κ3) is 3.79. The standard InChI is InChI=1S/C30H42ClNO4/c1-16(4-9-27-32-23-8-5-18(31)14-25(23)36-27)20-6-7-21-28-22(15-26(35)30(20,21)3)29(2)11-10-19(33)12-17(29)13-24(28)34/h5,8,14,16-17,19-22,24,26,28,33-35H,4,6-7,9-13,15H2,1-3H3/t16?,17-,19+,20+,21-,22-,24+,26-,28-,29-,30+/m0/s1. The van der Waals surface area contributed by atoms with Crippen molar-refractivity contribution in [1.82, 2.24) is 4.98 Å². The van der Waals surface area contributed by atoms with Gasteiger partial charge in [0.2, 0.25) is 0 Å². The molecule has 1 aromatic carbocycles. The van der Waals surface area contributed by atoms with Crippen molar-refractivity contribution < 1.29 is 19.7 Å². The van der Waals surface area contributed by atoms with Gasteiger partial charge >= 0.3 is 0 Å². The maximum Gasteiger partial charge on any atom is 0.195 e. The highest BCUT2D eigenvalue weighted by Crippen LogP contribution is 2.68. The van der Waals surface area contributed by atoms with Crippen molar-refractivity contribution >= 4 is 22.7 Å². The number of oxazole rings is 1. The highest BCUT2D eigenvalue weighted by Gasteiger charge is 2.65. The van der Waals surface area contributed by atoms with Gasteiger partial charge in [-0.15, -0.1) is 0 Å². The van der Waals surface area contributed by atoms with Crippen molar-refractivity contribution in [3.05, 3.63) is 29.1 Å². The van der Waals surface area contributed by atoms with Gasteiger partial charge in [0.25, 0.3) is 0 Å². The molecule has 3 N–H and O–H groups in total. The first-order valence-electron chi connectivity index (χ1n) is 14.2. The minimum absolute atomic E-state index is 0.116. The van der Waals surface area contributed by atoms with Crippen molar-refractivity contribution in [3.63, 3.8) is 0 Å². The summed E-state index contributed by atoms with van der Waals surface area (Å²) >= 11 is 6.11. The zero-order chi connectivity index (χ0) is 25.4. The molecule has 0 radical (unpaired) electrons. The van der Waals surface area contributed by atoms with Crippen LogP contribution >= 0.6 is 11.6 Å². The second-order valence-corrected chi connectivity index (χ2v) is 13.7. The summed E-state index contributed by atoms with van der Waals surface area (Å²) in [7, 11) is 0. The second kappa shape index (κ2) is 8.97. The molecule has 0 spiro atoms. The summed E-state index contributed by atoms with van der Waals surface area (Å²) < 4.78 is 5.97. The number of aromatic nitrogens is 1. The molecule has 4 saturated carbocycles. The van der Waals surface area contributed by atoms with Gasteiger partial charge in [0, 0.05) is 17.5 Å². The Morgan fingerprint density at radius 3 is 2.69 bits per heavy atom. The first-order valence-corrected chi connectivity index (χ1v) is 14.6. The van der Waals surface area contributed by atoms with Crippen LogP contribution in [0.2, 0.25) is 5.02 Å². The van der Waals surface area contributed by atoms with Gasteiger partial charge in [-0.05, 0) is 110 Å². The summed E-state index contributed by atoms with van der Waals surface area (Å²) in [5, 5.41) is 34.2. The zero-order valence-electron chi connectivity index (χ0n) is 21.9. The number of aliphatic hydroxyl groups excluding tert-OH is 3. The minimum atomic E-state index is -0.347. The Morgan fingerprint density at radius 1 is 1.08 bits per heavy atom. The fourth-order valence-corrected chi connectivity index (χ4v) is 9.90. The summed E-state index contributed by atoms with van der Waals surface area (Å²) in [6.07, 6.45) is 7.29. The van der Waals surface area contributed by atoms with Gasteiger partial charge < -0.3 is 19.7 Å². The fraction of sp³-hybridized carbons (Fsp3) is 0.767. The molecular weight excluding hydrogens is 474 g/mol. The number of benzene rings is 1. The summed E-state index contributed by atoms with van der Waals surface area (Å²) in [5.41, 5.74) is 1.52. The summed E-state index contributed by atoms with van der Waals surface area (Å²) in [6, 6.07) is 5.56. The first-order chi connectivity index (χ1) is 17.1. The van der Waals surface area contributed by atoms with Gasteiger partial charge in [0.05, 0.1) is 18.3 Å². The lowest BCUT2D eigenvalue weighted by molar-refractivity contribution is -0.207. The Labute approximate surface area is 219 Å². The quantitative estimate of drug-likeness (QED) is 0.464. The molecule has 0 aliphatic heterocycles. The van der Waals surface area contributed by atoms with Crippen LogP contribution in [0.15, 0.2) is 22.6 Å². The SMILES string of the molecule is CC(CCc1nc2ccc(Cl)cc2o1)[C@H]1CC[C@H]2[C@@H]3[C@H](O)C[C@@H]4C[C@H](O)CC[C@]4(C)[C@H]3C[C@H](O)[C@]12C. The van der Waals surface area contributed by atoms with E-state index >= 15 is 0 Å². The van der Waals surface area contributed by atoms with E-state index in [1.54, 1.807) is 0 Å². The molecule has 0 amide bonds. The van der Waals surface area contributed by atoms with Crippen molar-refractivity contribution in [1.29, 1.82) is 0 Å². The molecule has 4 aliphatic carbocycles. The highest BCUT2D eigenvalue weighted by molar-refractivity contribution is 6.31. The van der Waals surface area contributed by atoms with Crippen molar-refractivity contribution in [2.45, 2.75) is 96.9 Å². The average molecular weight is 516 g/mol. The summed E-state index contributed by atoms with van der Waals surface area (Å²) in [5.74, 6) is 2.91. The molecule has 0 bridgehead atoms. The van der Waals surface area contributed by atoms with Gasteiger partial charge in [-0.2, -0.15) is 0 Å². The van der Waals surface area contributed by atoms with Gasteiger partial charge in [-0.25, -0.2) is 4.98 Å². The smallest absolute Gasteiger partial charge is 0.195 e. The zero-order valence-corrected chi connectivity index (χ0v) is 22.6. The van der Waals surface area contributed by atoms with E-state index in [4.69, 9.17) is 16.0 Å². The van der Waals surface area contributed by atoms with E-state index in [-0.39, 0.29) is 35.1 Å². The van der Waals surface area contributed by atoms with Crippen LogP contribution in [0.3, 0.4) is 0 Å². The monoisotopic (exact) mass is 515 g/mol. The van der Waals surface area contributed by atoms with Gasteiger partial charge in [0.1, 0.15) is 5.52 Å². The molecular formula is C30H42ClNO4. The highest BCUT2D eigenvalue weighted by atomic mass is 35.5. The minimum Gasteiger partial charge on any atom is -0.441 e. The Hall–Kier alpha value is -1.14. The molecule has 2 aromatic rings. The lowest BCUT2D eigenvalue weighted by Crippen LogP contribution is -2.62. The van der Waals surface area contributed by atoms with Crippen LogP contribution in [0.25, 0.3) is 11.1 Å². The molecule has 5 nitrogen and oxygen atoms in total. The summed E-state index contributed by atoms with van der Waals surface area (Å²) in [6.45, 7) is 7.04. The lowest BCUT2D eigenvalue weighted by atomic mass is 9.43. The first kappa shape index (κ1) is 25.2. The molecule has 36 heavy (non-hydrogen) atoms. The van der Waals surface area contributed by atoms with E-state index in [2.05, 4.69) is 25.8 Å². The number of aliphatic hydroxyl groups is 3. The lowest BCUT2D eigenvalue weighted by Gasteiger charge is -2.63. The normalized spacial score (nSPS) is 45.2. The number of hydrogen-bond donors (Lipinski definition) is 3. The van der Waals surface area contributed by atoms with Crippen molar-refractivity contribution in [2.24, 2.45) is 46.3 Å². The van der Waals surface area contributed by atoms with Crippen LogP contribution in [-0.4, -0.2) is 38.6 Å². The van der Waals surface area contributed by atoms with E-state index in [0.717, 1.165) is 74.8 Å². The van der Waals surface area contributed by atoms with Gasteiger partial charge in [-0.3, -0.25) is 0 Å². The fourth-order valence-electron chi connectivity index (χ4n) is 9.74. The third-order valence-corrected chi connectivity index (χ3v) is 12.0. The topological polar surface area (TPSA) is 86.7 Å². The van der Waals surface area contributed by atoms with Crippen LogP contribution in [0.1, 0.15) is 78.0 Å². The molecule has 1 unspecified atom stereocenters. The molecule has 11 atom stereocenters. The van der Waals surface area contributed by atoms with Crippen molar-refractivity contribution in [3.8, 4) is 0 Å². The van der Waals surface area contributed by atoms with E-state index in [1.165, 1.54) is 0 Å². The molecule has 0 saturated heterocycles. The number of rotatable bonds is 4. The maximum absolute atomic E-state index is 11.8. The molecule has 6 rings (SSSR count). The average Bonchev–Trinajstić information content (AvgIpc) is 3.40. The van der Waals surface area contributed by atoms with Crippen LogP contribution in [-0.2, 0) is 6.42 Å². The number of aryl methyl sites for hydroxylation is 1. The van der Waals surface area contributed by atoms with Crippen LogP contribution in [0, 0.1) is 46.3 Å². The summed E-state index contributed by atoms with van der Waals surface area (Å²) in [4.78, 5) is 4.66. The predicted molar refractivity (Wildman–Crippen MR) is 141 cm³/mol. The maximum atomic E-state index is 11.8. The third-order valence-electron chi connectivity index (χ3n) is 11.7. The Balaban J connectivity index is 1.20. The number of nitrogens with zero attached hydrogens (tertiary/aromatic N) is 1. The molecule has 6 heteroatoms. The van der Waals surface area contributed by atoms with Crippen LogP contribution in [0.4, 0.5) is 0 Å². The van der Waals surface area contributed by atoms with E-state index in [9.17, 15) is 15.3 Å². The second-order valence-electron chi connectivity index (χ2n) is 13.3. The number of hydrogen-bond acceptors (Lipinski definition) is 5. The van der Waals surface area contributed by atoms with Gasteiger partial charge in [-0.1, -0.05) is 32.4 Å². The number of halogens is 1. The largest absolute Gasteiger partial charge is 0.441 e. The molecule has 1 aromatic heterocycles.